The predicted octanol–water partition coefficient (Wildman–Crippen LogP) is 4.51. The Morgan fingerprint density at radius 2 is 1.82 bits per heavy atom. The Bertz CT molecular complexity index is 747. The molecule has 0 aliphatic carbocycles. The van der Waals surface area contributed by atoms with Gasteiger partial charge in [0.1, 0.15) is 0 Å². The van der Waals surface area contributed by atoms with Crippen molar-refractivity contribution in [1.29, 1.82) is 0 Å². The summed E-state index contributed by atoms with van der Waals surface area (Å²) in [7, 11) is 0. The van der Waals surface area contributed by atoms with Gasteiger partial charge in [-0.15, -0.1) is 0 Å². The van der Waals surface area contributed by atoms with Crippen molar-refractivity contribution in [2.75, 3.05) is 10.6 Å². The van der Waals surface area contributed by atoms with Gasteiger partial charge in [0.15, 0.2) is 0 Å². The molecule has 0 radical (unpaired) electrons. The van der Waals surface area contributed by atoms with E-state index in [-0.39, 0.29) is 16.4 Å². The molecule has 0 aromatic heterocycles. The van der Waals surface area contributed by atoms with Gasteiger partial charge in [0.2, 0.25) is 0 Å². The van der Waals surface area contributed by atoms with Gasteiger partial charge in [-0.25, -0.2) is 4.79 Å². The summed E-state index contributed by atoms with van der Waals surface area (Å²) in [6.07, 6.45) is 0. The quantitative estimate of drug-likeness (QED) is 0.644. The van der Waals surface area contributed by atoms with Crippen LogP contribution < -0.4 is 10.6 Å². The number of nitro benzene ring substituents is 1. The van der Waals surface area contributed by atoms with E-state index in [2.05, 4.69) is 10.6 Å². The normalized spacial score (nSPS) is 10.1. The monoisotopic (exact) mass is 319 g/mol. The number of amides is 2. The Kier molecular flexibility index (Phi) is 4.62. The molecule has 6 nitrogen and oxygen atoms in total. The highest BCUT2D eigenvalue weighted by atomic mass is 35.5. The minimum Gasteiger partial charge on any atom is -0.308 e. The van der Waals surface area contributed by atoms with Crippen LogP contribution in [-0.2, 0) is 0 Å². The van der Waals surface area contributed by atoms with E-state index < -0.39 is 11.0 Å². The zero-order valence-electron chi connectivity index (χ0n) is 12.0. The van der Waals surface area contributed by atoms with Crippen LogP contribution in [0.1, 0.15) is 11.1 Å². The molecule has 7 heteroatoms. The summed E-state index contributed by atoms with van der Waals surface area (Å²) in [4.78, 5) is 22.2. The molecular formula is C15H14ClN3O3. The zero-order chi connectivity index (χ0) is 16.3. The molecule has 0 aliphatic rings. The van der Waals surface area contributed by atoms with Crippen LogP contribution in [0.5, 0.6) is 0 Å². The summed E-state index contributed by atoms with van der Waals surface area (Å²) in [5.74, 6) is 0. The van der Waals surface area contributed by atoms with Crippen molar-refractivity contribution < 1.29 is 9.72 Å². The van der Waals surface area contributed by atoms with Gasteiger partial charge in [0.25, 0.3) is 5.69 Å². The van der Waals surface area contributed by atoms with Gasteiger partial charge in [-0.2, -0.15) is 0 Å². The number of rotatable bonds is 3. The minimum absolute atomic E-state index is 0.147. The molecule has 2 aromatic carbocycles. The van der Waals surface area contributed by atoms with Crippen molar-refractivity contribution in [2.24, 2.45) is 0 Å². The summed E-state index contributed by atoms with van der Waals surface area (Å²) in [5, 5.41) is 16.1. The van der Waals surface area contributed by atoms with Crippen LogP contribution in [0.25, 0.3) is 0 Å². The standard InChI is InChI=1S/C15H14ClN3O3/c1-9-3-4-11(7-10(9)2)17-15(20)18-14-8-12(19(21)22)5-6-13(14)16/h3-8H,1-2H3,(H2,17,18,20). The maximum atomic E-state index is 12.0. The van der Waals surface area contributed by atoms with Crippen molar-refractivity contribution in [3.8, 4) is 0 Å². The van der Waals surface area contributed by atoms with E-state index >= 15 is 0 Å². The van der Waals surface area contributed by atoms with E-state index in [4.69, 9.17) is 11.6 Å². The summed E-state index contributed by atoms with van der Waals surface area (Å²) in [6.45, 7) is 3.91. The van der Waals surface area contributed by atoms with Crippen LogP contribution in [0, 0.1) is 24.0 Å². The maximum Gasteiger partial charge on any atom is 0.323 e. The Morgan fingerprint density at radius 1 is 1.09 bits per heavy atom. The van der Waals surface area contributed by atoms with E-state index in [0.29, 0.717) is 5.69 Å². The molecule has 2 aromatic rings. The van der Waals surface area contributed by atoms with Crippen molar-refractivity contribution in [3.05, 3.63) is 62.7 Å². The molecule has 0 spiro atoms. The van der Waals surface area contributed by atoms with Gasteiger partial charge < -0.3 is 10.6 Å². The maximum absolute atomic E-state index is 12.0. The van der Waals surface area contributed by atoms with Crippen LogP contribution in [0.2, 0.25) is 5.02 Å². The number of urea groups is 1. The largest absolute Gasteiger partial charge is 0.323 e. The van der Waals surface area contributed by atoms with Crippen LogP contribution in [-0.4, -0.2) is 11.0 Å². The van der Waals surface area contributed by atoms with Crippen LogP contribution in [0.15, 0.2) is 36.4 Å². The average molecular weight is 320 g/mol. The minimum atomic E-state index is -0.553. The smallest absolute Gasteiger partial charge is 0.308 e. The lowest BCUT2D eigenvalue weighted by atomic mass is 10.1. The lowest BCUT2D eigenvalue weighted by molar-refractivity contribution is -0.384. The highest BCUT2D eigenvalue weighted by molar-refractivity contribution is 6.33. The number of benzene rings is 2. The van der Waals surface area contributed by atoms with E-state index in [9.17, 15) is 14.9 Å². The van der Waals surface area contributed by atoms with E-state index in [0.717, 1.165) is 11.1 Å². The first-order chi connectivity index (χ1) is 10.4. The number of anilines is 2. The van der Waals surface area contributed by atoms with Crippen molar-refractivity contribution >= 4 is 34.7 Å². The lowest BCUT2D eigenvalue weighted by Crippen LogP contribution is -2.19. The topological polar surface area (TPSA) is 84.3 Å². The molecule has 22 heavy (non-hydrogen) atoms. The third kappa shape index (κ3) is 3.73. The Labute approximate surface area is 132 Å². The highest BCUT2D eigenvalue weighted by Gasteiger charge is 2.12. The molecule has 0 heterocycles. The lowest BCUT2D eigenvalue weighted by Gasteiger charge is -2.10. The van der Waals surface area contributed by atoms with Gasteiger partial charge in [-0.1, -0.05) is 17.7 Å². The summed E-state index contributed by atoms with van der Waals surface area (Å²) < 4.78 is 0. The summed E-state index contributed by atoms with van der Waals surface area (Å²) in [5.41, 5.74) is 2.82. The van der Waals surface area contributed by atoms with E-state index in [1.54, 1.807) is 6.07 Å². The van der Waals surface area contributed by atoms with Gasteiger partial charge >= 0.3 is 6.03 Å². The van der Waals surface area contributed by atoms with Crippen molar-refractivity contribution in [1.82, 2.24) is 0 Å². The second kappa shape index (κ2) is 6.44. The molecule has 2 N–H and O–H groups in total. The third-order valence-electron chi connectivity index (χ3n) is 3.17. The molecule has 0 atom stereocenters. The predicted molar refractivity (Wildman–Crippen MR) is 86.7 cm³/mol. The summed E-state index contributed by atoms with van der Waals surface area (Å²) in [6, 6.07) is 8.83. The molecule has 0 saturated heterocycles. The fourth-order valence-electron chi connectivity index (χ4n) is 1.83. The molecule has 0 bridgehead atoms. The van der Waals surface area contributed by atoms with Crippen molar-refractivity contribution in [3.63, 3.8) is 0 Å². The molecule has 114 valence electrons. The van der Waals surface area contributed by atoms with Crippen LogP contribution in [0.4, 0.5) is 21.9 Å². The number of nitrogens with one attached hydrogen (secondary N) is 2. The molecule has 2 rings (SSSR count). The van der Waals surface area contributed by atoms with Gasteiger partial charge in [0, 0.05) is 17.8 Å². The van der Waals surface area contributed by atoms with Gasteiger partial charge in [-0.3, -0.25) is 10.1 Å². The average Bonchev–Trinajstić information content (AvgIpc) is 2.45. The Morgan fingerprint density at radius 3 is 2.45 bits per heavy atom. The first-order valence-corrected chi connectivity index (χ1v) is 6.84. The molecule has 0 unspecified atom stereocenters. The molecule has 0 aliphatic heterocycles. The van der Waals surface area contributed by atoms with Gasteiger partial charge in [0.05, 0.1) is 15.6 Å². The van der Waals surface area contributed by atoms with Crippen LogP contribution >= 0.6 is 11.6 Å². The number of carbonyl (C=O) groups excluding carboxylic acids is 1. The fourth-order valence-corrected chi connectivity index (χ4v) is 1.99. The first-order valence-electron chi connectivity index (χ1n) is 6.46. The number of hydrogen-bond donors (Lipinski definition) is 2. The number of nitrogens with zero attached hydrogens (tertiary/aromatic N) is 1. The molecule has 0 fully saturated rings. The third-order valence-corrected chi connectivity index (χ3v) is 3.50. The molecule has 0 saturated carbocycles. The highest BCUT2D eigenvalue weighted by Crippen LogP contribution is 2.26. The number of nitro groups is 1. The number of hydrogen-bond acceptors (Lipinski definition) is 3. The first kappa shape index (κ1) is 15.8. The number of non-ortho nitro benzene ring substituents is 1. The van der Waals surface area contributed by atoms with Crippen molar-refractivity contribution in [2.45, 2.75) is 13.8 Å². The Hall–Kier alpha value is -2.60. The SMILES string of the molecule is Cc1ccc(NC(=O)Nc2cc([N+](=O)[O-])ccc2Cl)cc1C. The Balaban J connectivity index is 2.13. The second-order valence-electron chi connectivity index (χ2n) is 4.80. The van der Waals surface area contributed by atoms with E-state index in [1.165, 1.54) is 18.2 Å². The second-order valence-corrected chi connectivity index (χ2v) is 5.21. The van der Waals surface area contributed by atoms with Crippen LogP contribution in [0.3, 0.4) is 0 Å². The summed E-state index contributed by atoms with van der Waals surface area (Å²) >= 11 is 5.93. The number of carbonyl (C=O) groups is 1. The van der Waals surface area contributed by atoms with Gasteiger partial charge in [-0.05, 0) is 43.2 Å². The zero-order valence-corrected chi connectivity index (χ0v) is 12.8. The molecule has 2 amide bonds. The molecular weight excluding hydrogens is 306 g/mol. The fraction of sp³-hybridized carbons (Fsp3) is 0.133. The number of aryl methyl sites for hydroxylation is 2. The van der Waals surface area contributed by atoms with E-state index in [1.807, 2.05) is 26.0 Å². The number of halogens is 1.